The molecule has 5 heteroatoms. The van der Waals surface area contributed by atoms with Crippen molar-refractivity contribution in [2.45, 2.75) is 13.3 Å². The van der Waals surface area contributed by atoms with E-state index in [-0.39, 0.29) is 5.91 Å². The lowest BCUT2D eigenvalue weighted by Gasteiger charge is -2.09. The maximum atomic E-state index is 12.0. The summed E-state index contributed by atoms with van der Waals surface area (Å²) in [6.45, 7) is 1.88. The summed E-state index contributed by atoms with van der Waals surface area (Å²) >= 11 is 1.54. The van der Waals surface area contributed by atoms with Crippen LogP contribution in [0.2, 0.25) is 0 Å². The summed E-state index contributed by atoms with van der Waals surface area (Å²) in [7, 11) is 1.33. The predicted octanol–water partition coefficient (Wildman–Crippen LogP) is 3.02. The maximum Gasteiger partial charge on any atom is 0.337 e. The number of hydrogen-bond acceptors (Lipinski definition) is 4. The predicted molar refractivity (Wildman–Crippen MR) is 79.2 cm³/mol. The Labute approximate surface area is 121 Å². The number of rotatable bonds is 4. The third-order valence-corrected chi connectivity index (χ3v) is 3.72. The molecule has 0 aliphatic rings. The van der Waals surface area contributed by atoms with E-state index >= 15 is 0 Å². The van der Waals surface area contributed by atoms with Crippen LogP contribution in [-0.2, 0) is 16.0 Å². The fourth-order valence-corrected chi connectivity index (χ4v) is 2.47. The SMILES string of the molecule is COC(=O)c1ccc(C)c(NC(=O)Cc2cccs2)c1. The van der Waals surface area contributed by atoms with Crippen molar-refractivity contribution in [1.82, 2.24) is 0 Å². The molecule has 2 rings (SSSR count). The van der Waals surface area contributed by atoms with Crippen LogP contribution in [0.3, 0.4) is 0 Å². The molecule has 0 aliphatic heterocycles. The van der Waals surface area contributed by atoms with Gasteiger partial charge in [0.1, 0.15) is 0 Å². The van der Waals surface area contributed by atoms with Crippen LogP contribution >= 0.6 is 11.3 Å². The summed E-state index contributed by atoms with van der Waals surface area (Å²) < 4.78 is 4.67. The smallest absolute Gasteiger partial charge is 0.337 e. The summed E-state index contributed by atoms with van der Waals surface area (Å²) in [5, 5.41) is 4.76. The van der Waals surface area contributed by atoms with Gasteiger partial charge in [-0.25, -0.2) is 4.79 Å². The van der Waals surface area contributed by atoms with Crippen molar-refractivity contribution in [2.24, 2.45) is 0 Å². The minimum atomic E-state index is -0.418. The lowest BCUT2D eigenvalue weighted by Crippen LogP contribution is -2.15. The van der Waals surface area contributed by atoms with Gasteiger partial charge in [0.2, 0.25) is 5.91 Å². The van der Waals surface area contributed by atoms with Gasteiger partial charge in [0.25, 0.3) is 0 Å². The standard InChI is InChI=1S/C15H15NO3S/c1-10-5-6-11(15(18)19-2)8-13(10)16-14(17)9-12-4-3-7-20-12/h3-8H,9H2,1-2H3,(H,16,17). The van der Waals surface area contributed by atoms with Crippen molar-refractivity contribution < 1.29 is 14.3 Å². The number of carbonyl (C=O) groups excluding carboxylic acids is 2. The molecule has 1 N–H and O–H groups in total. The largest absolute Gasteiger partial charge is 0.465 e. The second-order valence-electron chi connectivity index (χ2n) is 4.33. The average molecular weight is 289 g/mol. The van der Waals surface area contributed by atoms with Crippen LogP contribution in [0.5, 0.6) is 0 Å². The van der Waals surface area contributed by atoms with Gasteiger partial charge in [-0.3, -0.25) is 4.79 Å². The summed E-state index contributed by atoms with van der Waals surface area (Å²) in [6.07, 6.45) is 0.333. The first kappa shape index (κ1) is 14.3. The normalized spacial score (nSPS) is 10.1. The third kappa shape index (κ3) is 3.45. The number of aryl methyl sites for hydroxylation is 1. The molecule has 1 aromatic carbocycles. The van der Waals surface area contributed by atoms with E-state index in [4.69, 9.17) is 0 Å². The Bertz CT molecular complexity index is 620. The lowest BCUT2D eigenvalue weighted by atomic mass is 10.1. The monoisotopic (exact) mass is 289 g/mol. The molecule has 104 valence electrons. The Morgan fingerprint density at radius 1 is 1.30 bits per heavy atom. The molecule has 0 saturated heterocycles. The third-order valence-electron chi connectivity index (χ3n) is 2.85. The zero-order chi connectivity index (χ0) is 14.5. The fraction of sp³-hybridized carbons (Fsp3) is 0.200. The summed E-state index contributed by atoms with van der Waals surface area (Å²) in [5.74, 6) is -0.517. The minimum Gasteiger partial charge on any atom is -0.465 e. The van der Waals surface area contributed by atoms with Gasteiger partial charge in [-0.15, -0.1) is 11.3 Å². The first-order valence-electron chi connectivity index (χ1n) is 6.11. The van der Waals surface area contributed by atoms with Crippen molar-refractivity contribution in [3.05, 3.63) is 51.7 Å². The molecular formula is C15H15NO3S. The Morgan fingerprint density at radius 2 is 2.10 bits per heavy atom. The van der Waals surface area contributed by atoms with Crippen molar-refractivity contribution >= 4 is 28.9 Å². The van der Waals surface area contributed by atoms with Gasteiger partial charge >= 0.3 is 5.97 Å². The molecule has 0 saturated carbocycles. The molecular weight excluding hydrogens is 274 g/mol. The highest BCUT2D eigenvalue weighted by molar-refractivity contribution is 7.10. The van der Waals surface area contributed by atoms with Gasteiger partial charge in [-0.2, -0.15) is 0 Å². The number of thiophene rings is 1. The number of amides is 1. The Morgan fingerprint density at radius 3 is 2.75 bits per heavy atom. The van der Waals surface area contributed by atoms with Gasteiger partial charge < -0.3 is 10.1 Å². The number of ether oxygens (including phenoxy) is 1. The summed E-state index contributed by atoms with van der Waals surface area (Å²) in [5.41, 5.74) is 1.95. The first-order valence-corrected chi connectivity index (χ1v) is 6.99. The Hall–Kier alpha value is -2.14. The van der Waals surface area contributed by atoms with E-state index in [1.165, 1.54) is 7.11 Å². The van der Waals surface area contributed by atoms with E-state index in [0.29, 0.717) is 17.7 Å². The maximum absolute atomic E-state index is 12.0. The molecule has 0 fully saturated rings. The first-order chi connectivity index (χ1) is 9.60. The van der Waals surface area contributed by atoms with Crippen LogP contribution < -0.4 is 5.32 Å². The highest BCUT2D eigenvalue weighted by Gasteiger charge is 2.11. The second-order valence-corrected chi connectivity index (χ2v) is 5.36. The molecule has 0 bridgehead atoms. The van der Waals surface area contributed by atoms with Gasteiger partial charge in [-0.1, -0.05) is 12.1 Å². The van der Waals surface area contributed by atoms with Crippen LogP contribution in [-0.4, -0.2) is 19.0 Å². The summed E-state index contributed by atoms with van der Waals surface area (Å²) in [6, 6.07) is 8.93. The van der Waals surface area contributed by atoms with E-state index < -0.39 is 5.97 Å². The number of hydrogen-bond donors (Lipinski definition) is 1. The van der Waals surface area contributed by atoms with Crippen LogP contribution in [0.1, 0.15) is 20.8 Å². The molecule has 1 heterocycles. The van der Waals surface area contributed by atoms with E-state index in [1.807, 2.05) is 24.4 Å². The van der Waals surface area contributed by atoms with E-state index in [0.717, 1.165) is 10.4 Å². The molecule has 20 heavy (non-hydrogen) atoms. The van der Waals surface area contributed by atoms with Crippen LogP contribution in [0.15, 0.2) is 35.7 Å². The molecule has 0 radical (unpaired) electrons. The molecule has 4 nitrogen and oxygen atoms in total. The zero-order valence-corrected chi connectivity index (χ0v) is 12.1. The fourth-order valence-electron chi connectivity index (χ4n) is 1.77. The topological polar surface area (TPSA) is 55.4 Å². The zero-order valence-electron chi connectivity index (χ0n) is 11.3. The molecule has 0 spiro atoms. The van der Waals surface area contributed by atoms with Crippen LogP contribution in [0.25, 0.3) is 0 Å². The number of nitrogens with one attached hydrogen (secondary N) is 1. The molecule has 0 atom stereocenters. The van der Waals surface area contributed by atoms with E-state index in [9.17, 15) is 9.59 Å². The van der Waals surface area contributed by atoms with Crippen molar-refractivity contribution in [2.75, 3.05) is 12.4 Å². The molecule has 0 aliphatic carbocycles. The second kappa shape index (κ2) is 6.34. The lowest BCUT2D eigenvalue weighted by molar-refractivity contribution is -0.115. The number of carbonyl (C=O) groups is 2. The summed E-state index contributed by atoms with van der Waals surface area (Å²) in [4.78, 5) is 24.5. The Kier molecular flexibility index (Phi) is 4.53. The molecule has 1 aromatic heterocycles. The molecule has 1 amide bonds. The quantitative estimate of drug-likeness (QED) is 0.880. The van der Waals surface area contributed by atoms with E-state index in [2.05, 4.69) is 10.1 Å². The highest BCUT2D eigenvalue weighted by atomic mass is 32.1. The molecule has 0 unspecified atom stereocenters. The highest BCUT2D eigenvalue weighted by Crippen LogP contribution is 2.18. The number of methoxy groups -OCH3 is 1. The number of esters is 1. The van der Waals surface area contributed by atoms with Gasteiger partial charge in [0.05, 0.1) is 19.1 Å². The van der Waals surface area contributed by atoms with E-state index in [1.54, 1.807) is 29.5 Å². The van der Waals surface area contributed by atoms with Crippen LogP contribution in [0.4, 0.5) is 5.69 Å². The van der Waals surface area contributed by atoms with Gasteiger partial charge in [-0.05, 0) is 36.1 Å². The van der Waals surface area contributed by atoms with Crippen molar-refractivity contribution in [1.29, 1.82) is 0 Å². The Balaban J connectivity index is 2.12. The van der Waals surface area contributed by atoms with Crippen molar-refractivity contribution in [3.8, 4) is 0 Å². The van der Waals surface area contributed by atoms with Gasteiger partial charge in [0.15, 0.2) is 0 Å². The number of anilines is 1. The average Bonchev–Trinajstić information content (AvgIpc) is 2.93. The van der Waals surface area contributed by atoms with Crippen LogP contribution in [0, 0.1) is 6.92 Å². The minimum absolute atomic E-state index is 0.0995. The molecule has 2 aromatic rings. The number of benzene rings is 1. The van der Waals surface area contributed by atoms with Crippen molar-refractivity contribution in [3.63, 3.8) is 0 Å². The van der Waals surface area contributed by atoms with Gasteiger partial charge in [0, 0.05) is 10.6 Å².